The zero-order chi connectivity index (χ0) is 15.9. The van der Waals surface area contributed by atoms with Crippen LogP contribution in [-0.4, -0.2) is 28.2 Å². The summed E-state index contributed by atoms with van der Waals surface area (Å²) in [5.41, 5.74) is -0.123. The van der Waals surface area contributed by atoms with Gasteiger partial charge < -0.3 is 19.4 Å². The molecule has 2 heterocycles. The standard InChI is InChI=1S/C16H20N2O4/c1-12(5-4-10-19)17-16(21)14-8-7-13(22-14)11-18-9-3-2-6-15(18)20/h2-3,6-9,12,19H,4-5,10-11H2,1H3,(H,17,21). The minimum absolute atomic E-state index is 0.0371. The summed E-state index contributed by atoms with van der Waals surface area (Å²) in [6.07, 6.45) is 3.01. The van der Waals surface area contributed by atoms with Gasteiger partial charge in [-0.3, -0.25) is 9.59 Å². The molecule has 1 amide bonds. The molecule has 0 saturated carbocycles. The summed E-state index contributed by atoms with van der Waals surface area (Å²) in [4.78, 5) is 23.6. The lowest BCUT2D eigenvalue weighted by Crippen LogP contribution is -2.32. The molecule has 0 aliphatic rings. The topological polar surface area (TPSA) is 84.5 Å². The predicted molar refractivity (Wildman–Crippen MR) is 81.8 cm³/mol. The number of furan rings is 1. The summed E-state index contributed by atoms with van der Waals surface area (Å²) in [5, 5.41) is 11.6. The lowest BCUT2D eigenvalue weighted by atomic mass is 10.2. The molecule has 0 bridgehead atoms. The molecule has 0 spiro atoms. The number of hydrogen-bond donors (Lipinski definition) is 2. The van der Waals surface area contributed by atoms with Crippen LogP contribution in [0.15, 0.2) is 45.7 Å². The molecule has 118 valence electrons. The summed E-state index contributed by atoms with van der Waals surface area (Å²) >= 11 is 0. The number of aliphatic hydroxyl groups is 1. The van der Waals surface area contributed by atoms with Gasteiger partial charge in [0.2, 0.25) is 0 Å². The zero-order valence-corrected chi connectivity index (χ0v) is 12.5. The van der Waals surface area contributed by atoms with Crippen molar-refractivity contribution in [2.45, 2.75) is 32.4 Å². The van der Waals surface area contributed by atoms with Gasteiger partial charge in [-0.15, -0.1) is 0 Å². The van der Waals surface area contributed by atoms with E-state index in [4.69, 9.17) is 9.52 Å². The van der Waals surface area contributed by atoms with Gasteiger partial charge in [-0.25, -0.2) is 0 Å². The van der Waals surface area contributed by atoms with Crippen LogP contribution in [-0.2, 0) is 6.54 Å². The molecule has 0 fully saturated rings. The van der Waals surface area contributed by atoms with Crippen molar-refractivity contribution >= 4 is 5.91 Å². The van der Waals surface area contributed by atoms with Gasteiger partial charge in [-0.1, -0.05) is 6.07 Å². The molecule has 1 unspecified atom stereocenters. The Kier molecular flexibility index (Phi) is 5.55. The van der Waals surface area contributed by atoms with E-state index in [0.29, 0.717) is 18.6 Å². The minimum Gasteiger partial charge on any atom is -0.454 e. The number of pyridine rings is 1. The van der Waals surface area contributed by atoms with Crippen LogP contribution in [0.5, 0.6) is 0 Å². The van der Waals surface area contributed by atoms with Gasteiger partial charge in [-0.05, 0) is 38.0 Å². The van der Waals surface area contributed by atoms with Gasteiger partial charge >= 0.3 is 0 Å². The number of nitrogens with zero attached hydrogens (tertiary/aromatic N) is 1. The summed E-state index contributed by atoms with van der Waals surface area (Å²) in [5.74, 6) is 0.466. The molecule has 6 nitrogen and oxygen atoms in total. The molecular weight excluding hydrogens is 284 g/mol. The Morgan fingerprint density at radius 3 is 2.91 bits per heavy atom. The number of aromatic nitrogens is 1. The molecule has 0 aliphatic heterocycles. The first-order valence-electron chi connectivity index (χ1n) is 7.26. The number of aliphatic hydroxyl groups excluding tert-OH is 1. The molecule has 22 heavy (non-hydrogen) atoms. The number of amides is 1. The Morgan fingerprint density at radius 2 is 2.18 bits per heavy atom. The normalized spacial score (nSPS) is 12.1. The summed E-state index contributed by atoms with van der Waals surface area (Å²) in [6, 6.07) is 8.16. The maximum absolute atomic E-state index is 12.0. The van der Waals surface area contributed by atoms with E-state index in [2.05, 4.69) is 5.32 Å². The maximum Gasteiger partial charge on any atom is 0.287 e. The van der Waals surface area contributed by atoms with Crippen molar-refractivity contribution in [1.82, 2.24) is 9.88 Å². The van der Waals surface area contributed by atoms with Crippen LogP contribution in [0.2, 0.25) is 0 Å². The number of hydrogen-bond acceptors (Lipinski definition) is 4. The van der Waals surface area contributed by atoms with Gasteiger partial charge in [0.05, 0.1) is 6.54 Å². The first-order valence-corrected chi connectivity index (χ1v) is 7.26. The fourth-order valence-electron chi connectivity index (χ4n) is 2.11. The van der Waals surface area contributed by atoms with Gasteiger partial charge in [0, 0.05) is 24.9 Å². The predicted octanol–water partition coefficient (Wildman–Crippen LogP) is 1.38. The fourth-order valence-corrected chi connectivity index (χ4v) is 2.11. The third-order valence-corrected chi connectivity index (χ3v) is 3.28. The third-order valence-electron chi connectivity index (χ3n) is 3.28. The molecule has 0 aromatic carbocycles. The van der Waals surface area contributed by atoms with Crippen LogP contribution in [0.4, 0.5) is 0 Å². The summed E-state index contributed by atoms with van der Waals surface area (Å²) in [7, 11) is 0. The molecule has 2 aromatic heterocycles. The van der Waals surface area contributed by atoms with Crippen LogP contribution < -0.4 is 10.9 Å². The molecule has 0 aliphatic carbocycles. The highest BCUT2D eigenvalue weighted by Gasteiger charge is 2.14. The van der Waals surface area contributed by atoms with E-state index < -0.39 is 0 Å². The quantitative estimate of drug-likeness (QED) is 0.809. The Hall–Kier alpha value is -2.34. The SMILES string of the molecule is CC(CCCO)NC(=O)c1ccc(Cn2ccccc2=O)o1. The average Bonchev–Trinajstić information content (AvgIpc) is 2.96. The minimum atomic E-state index is -0.294. The molecular formula is C16H20N2O4. The monoisotopic (exact) mass is 304 g/mol. The Balaban J connectivity index is 1.97. The first kappa shape index (κ1) is 16.0. The molecule has 2 N–H and O–H groups in total. The van der Waals surface area contributed by atoms with E-state index in [1.807, 2.05) is 6.92 Å². The van der Waals surface area contributed by atoms with E-state index >= 15 is 0 Å². The van der Waals surface area contributed by atoms with Crippen LogP contribution >= 0.6 is 0 Å². The first-order chi connectivity index (χ1) is 10.6. The van der Waals surface area contributed by atoms with Crippen LogP contribution in [0.25, 0.3) is 0 Å². The van der Waals surface area contributed by atoms with Crippen molar-refractivity contribution in [3.63, 3.8) is 0 Å². The second-order valence-corrected chi connectivity index (χ2v) is 5.17. The molecule has 0 saturated heterocycles. The second-order valence-electron chi connectivity index (χ2n) is 5.17. The van der Waals surface area contributed by atoms with E-state index in [0.717, 1.165) is 0 Å². The van der Waals surface area contributed by atoms with Gasteiger partial charge in [-0.2, -0.15) is 0 Å². The van der Waals surface area contributed by atoms with Crippen molar-refractivity contribution in [2.24, 2.45) is 0 Å². The second kappa shape index (κ2) is 7.61. The maximum atomic E-state index is 12.0. The van der Waals surface area contributed by atoms with E-state index in [-0.39, 0.29) is 36.4 Å². The Bertz CT molecular complexity index is 675. The van der Waals surface area contributed by atoms with Gasteiger partial charge in [0.1, 0.15) is 5.76 Å². The van der Waals surface area contributed by atoms with Crippen molar-refractivity contribution in [1.29, 1.82) is 0 Å². The molecule has 6 heteroatoms. The highest BCUT2D eigenvalue weighted by Crippen LogP contribution is 2.09. The van der Waals surface area contributed by atoms with Crippen molar-refractivity contribution in [3.8, 4) is 0 Å². The molecule has 2 aromatic rings. The number of rotatable bonds is 7. The smallest absolute Gasteiger partial charge is 0.287 e. The fraction of sp³-hybridized carbons (Fsp3) is 0.375. The van der Waals surface area contributed by atoms with Crippen molar-refractivity contribution < 1.29 is 14.3 Å². The number of carbonyl (C=O) groups is 1. The Morgan fingerprint density at radius 1 is 1.36 bits per heavy atom. The van der Waals surface area contributed by atoms with E-state index in [1.54, 1.807) is 30.5 Å². The zero-order valence-electron chi connectivity index (χ0n) is 12.5. The highest BCUT2D eigenvalue weighted by atomic mass is 16.4. The summed E-state index contributed by atoms with van der Waals surface area (Å²) in [6.45, 7) is 2.27. The van der Waals surface area contributed by atoms with Gasteiger partial charge in [0.25, 0.3) is 11.5 Å². The van der Waals surface area contributed by atoms with E-state index in [1.165, 1.54) is 10.6 Å². The molecule has 1 atom stereocenters. The number of carbonyl (C=O) groups excluding carboxylic acids is 1. The van der Waals surface area contributed by atoms with E-state index in [9.17, 15) is 9.59 Å². The van der Waals surface area contributed by atoms with Crippen molar-refractivity contribution in [2.75, 3.05) is 6.61 Å². The third kappa shape index (κ3) is 4.33. The van der Waals surface area contributed by atoms with Crippen molar-refractivity contribution in [3.05, 3.63) is 58.4 Å². The molecule has 0 radical (unpaired) electrons. The van der Waals surface area contributed by atoms with Crippen LogP contribution in [0.1, 0.15) is 36.1 Å². The largest absolute Gasteiger partial charge is 0.454 e. The number of nitrogens with one attached hydrogen (secondary N) is 1. The lowest BCUT2D eigenvalue weighted by molar-refractivity contribution is 0.0906. The highest BCUT2D eigenvalue weighted by molar-refractivity contribution is 5.91. The Labute approximate surface area is 128 Å². The van der Waals surface area contributed by atoms with Gasteiger partial charge in [0.15, 0.2) is 5.76 Å². The lowest BCUT2D eigenvalue weighted by Gasteiger charge is -2.11. The van der Waals surface area contributed by atoms with Crippen LogP contribution in [0.3, 0.4) is 0 Å². The average molecular weight is 304 g/mol. The van der Waals surface area contributed by atoms with Crippen LogP contribution in [0, 0.1) is 0 Å². The molecule has 2 rings (SSSR count). The summed E-state index contributed by atoms with van der Waals surface area (Å²) < 4.78 is 6.99.